The molecular weight excluding hydrogens is 233 g/mol. The minimum Gasteiger partial charge on any atom is -0.489 e. The Balaban J connectivity index is 2.54. The molecule has 1 aromatic carbocycles. The van der Waals surface area contributed by atoms with Crippen LogP contribution in [0.2, 0.25) is 10.0 Å². The van der Waals surface area contributed by atoms with Gasteiger partial charge in [-0.2, -0.15) is 0 Å². The summed E-state index contributed by atoms with van der Waals surface area (Å²) in [5, 5.41) is 4.13. The van der Waals surface area contributed by atoms with Crippen molar-refractivity contribution in [1.82, 2.24) is 5.32 Å². The first-order valence-corrected chi connectivity index (χ1v) is 5.27. The van der Waals surface area contributed by atoms with E-state index in [2.05, 4.69) is 11.9 Å². The van der Waals surface area contributed by atoms with Crippen molar-refractivity contribution in [1.29, 1.82) is 0 Å². The monoisotopic (exact) mass is 245 g/mol. The summed E-state index contributed by atoms with van der Waals surface area (Å²) in [5.41, 5.74) is 0.966. The van der Waals surface area contributed by atoms with E-state index in [1.54, 1.807) is 18.2 Å². The summed E-state index contributed by atoms with van der Waals surface area (Å²) in [6.07, 6.45) is 0. The first kappa shape index (κ1) is 12.4. The van der Waals surface area contributed by atoms with Gasteiger partial charge in [0.25, 0.3) is 0 Å². The smallest absolute Gasteiger partial charge is 0.122 e. The normalized spacial score (nSPS) is 10.1. The van der Waals surface area contributed by atoms with Crippen LogP contribution in [0.5, 0.6) is 5.75 Å². The van der Waals surface area contributed by atoms with Gasteiger partial charge in [0.2, 0.25) is 0 Å². The average Bonchev–Trinajstić information content (AvgIpc) is 2.14. The molecule has 0 aromatic heterocycles. The second-order valence-electron chi connectivity index (χ2n) is 3.17. The Labute approximate surface area is 99.8 Å². The van der Waals surface area contributed by atoms with Gasteiger partial charge in [-0.1, -0.05) is 29.8 Å². The van der Waals surface area contributed by atoms with Gasteiger partial charge < -0.3 is 10.1 Å². The van der Waals surface area contributed by atoms with Gasteiger partial charge in [0.05, 0.1) is 0 Å². The number of hydrogen-bond acceptors (Lipinski definition) is 2. The maximum Gasteiger partial charge on any atom is 0.122 e. The largest absolute Gasteiger partial charge is 0.489 e. The summed E-state index contributed by atoms with van der Waals surface area (Å²) in [6, 6.07) is 5.11. The third-order valence-corrected chi connectivity index (χ3v) is 2.14. The first-order chi connectivity index (χ1) is 7.11. The summed E-state index contributed by atoms with van der Waals surface area (Å²) in [4.78, 5) is 0. The minimum atomic E-state index is 0.456. The second-order valence-corrected chi connectivity index (χ2v) is 4.05. The van der Waals surface area contributed by atoms with E-state index >= 15 is 0 Å². The Morgan fingerprint density at radius 3 is 2.47 bits per heavy atom. The molecule has 0 radical (unpaired) electrons. The summed E-state index contributed by atoms with van der Waals surface area (Å²) in [7, 11) is 1.86. The Morgan fingerprint density at radius 2 is 1.93 bits per heavy atom. The molecule has 0 spiro atoms. The van der Waals surface area contributed by atoms with Crippen LogP contribution in [0, 0.1) is 0 Å². The lowest BCUT2D eigenvalue weighted by Gasteiger charge is -2.08. The van der Waals surface area contributed by atoms with Crippen molar-refractivity contribution in [2.75, 3.05) is 20.2 Å². The minimum absolute atomic E-state index is 0.456. The molecule has 0 fully saturated rings. The molecule has 0 saturated heterocycles. The predicted molar refractivity (Wildman–Crippen MR) is 65.0 cm³/mol. The van der Waals surface area contributed by atoms with Gasteiger partial charge in [-0.15, -0.1) is 0 Å². The maximum atomic E-state index is 5.83. The van der Waals surface area contributed by atoms with Crippen LogP contribution in [-0.4, -0.2) is 20.2 Å². The lowest BCUT2D eigenvalue weighted by Crippen LogP contribution is -2.14. The molecule has 0 heterocycles. The van der Waals surface area contributed by atoms with E-state index in [4.69, 9.17) is 27.9 Å². The quantitative estimate of drug-likeness (QED) is 0.806. The Bertz CT molecular complexity index is 332. The van der Waals surface area contributed by atoms with Crippen molar-refractivity contribution in [2.45, 2.75) is 0 Å². The molecular formula is C11H13Cl2NO. The fourth-order valence-corrected chi connectivity index (χ4v) is 1.60. The number of rotatable bonds is 5. The van der Waals surface area contributed by atoms with Gasteiger partial charge in [-0.25, -0.2) is 0 Å². The molecule has 0 aliphatic heterocycles. The van der Waals surface area contributed by atoms with E-state index < -0.39 is 0 Å². The van der Waals surface area contributed by atoms with E-state index in [9.17, 15) is 0 Å². The number of hydrogen-bond donors (Lipinski definition) is 1. The number of halogens is 2. The zero-order valence-electron chi connectivity index (χ0n) is 8.52. The molecule has 0 aliphatic rings. The molecule has 1 rings (SSSR count). The van der Waals surface area contributed by atoms with Crippen LogP contribution < -0.4 is 10.1 Å². The van der Waals surface area contributed by atoms with Crippen molar-refractivity contribution in [3.63, 3.8) is 0 Å². The zero-order chi connectivity index (χ0) is 11.3. The van der Waals surface area contributed by atoms with Gasteiger partial charge in [-0.3, -0.25) is 0 Å². The van der Waals surface area contributed by atoms with Gasteiger partial charge in [0, 0.05) is 16.6 Å². The molecule has 4 heteroatoms. The summed E-state index contributed by atoms with van der Waals surface area (Å²) in [6.45, 7) is 5.04. The van der Waals surface area contributed by atoms with Crippen LogP contribution in [0.1, 0.15) is 0 Å². The molecule has 0 amide bonds. The van der Waals surface area contributed by atoms with Crippen molar-refractivity contribution < 1.29 is 4.74 Å². The standard InChI is InChI=1S/C11H13Cl2NO/c1-8(6-14-2)7-15-11-4-9(12)3-10(13)5-11/h3-5,14H,1,6-7H2,2H3. The number of likely N-dealkylation sites (N-methyl/N-ethyl adjacent to an activating group) is 1. The fraction of sp³-hybridized carbons (Fsp3) is 0.273. The molecule has 0 atom stereocenters. The molecule has 2 nitrogen and oxygen atoms in total. The average molecular weight is 246 g/mol. The Kier molecular flexibility index (Phi) is 4.95. The Hall–Kier alpha value is -0.700. The third kappa shape index (κ3) is 4.56. The van der Waals surface area contributed by atoms with E-state index in [0.29, 0.717) is 22.4 Å². The van der Waals surface area contributed by atoms with Gasteiger partial charge >= 0.3 is 0 Å². The first-order valence-electron chi connectivity index (χ1n) is 4.52. The highest BCUT2D eigenvalue weighted by Gasteiger charge is 2.00. The van der Waals surface area contributed by atoms with Crippen molar-refractivity contribution >= 4 is 23.2 Å². The highest BCUT2D eigenvalue weighted by atomic mass is 35.5. The molecule has 15 heavy (non-hydrogen) atoms. The van der Waals surface area contributed by atoms with Gasteiger partial charge in [0.15, 0.2) is 0 Å². The van der Waals surface area contributed by atoms with Crippen LogP contribution in [-0.2, 0) is 0 Å². The molecule has 82 valence electrons. The van der Waals surface area contributed by atoms with Crippen LogP contribution in [0.3, 0.4) is 0 Å². The second kappa shape index (κ2) is 6.01. The molecule has 0 saturated carbocycles. The SMILES string of the molecule is C=C(CNC)COc1cc(Cl)cc(Cl)c1. The summed E-state index contributed by atoms with van der Waals surface area (Å²) in [5.74, 6) is 0.657. The zero-order valence-corrected chi connectivity index (χ0v) is 10.0. The van der Waals surface area contributed by atoms with E-state index in [1.165, 1.54) is 0 Å². The van der Waals surface area contributed by atoms with Crippen LogP contribution in [0.25, 0.3) is 0 Å². The van der Waals surface area contributed by atoms with Crippen LogP contribution >= 0.6 is 23.2 Å². The van der Waals surface area contributed by atoms with Crippen molar-refractivity contribution in [3.05, 3.63) is 40.4 Å². The van der Waals surface area contributed by atoms with Crippen LogP contribution in [0.15, 0.2) is 30.4 Å². The predicted octanol–water partition coefficient (Wildman–Crippen LogP) is 3.15. The van der Waals surface area contributed by atoms with Crippen LogP contribution in [0.4, 0.5) is 0 Å². The van der Waals surface area contributed by atoms with E-state index in [-0.39, 0.29) is 0 Å². The molecule has 0 aliphatic carbocycles. The van der Waals surface area contributed by atoms with Gasteiger partial charge in [-0.05, 0) is 30.8 Å². The lowest BCUT2D eigenvalue weighted by molar-refractivity contribution is 0.349. The van der Waals surface area contributed by atoms with Crippen molar-refractivity contribution in [3.8, 4) is 5.75 Å². The van der Waals surface area contributed by atoms with Crippen molar-refractivity contribution in [2.24, 2.45) is 0 Å². The number of ether oxygens (including phenoxy) is 1. The third-order valence-electron chi connectivity index (χ3n) is 1.71. The molecule has 1 N–H and O–H groups in total. The fourth-order valence-electron chi connectivity index (χ4n) is 1.10. The molecule has 1 aromatic rings. The summed E-state index contributed by atoms with van der Waals surface area (Å²) < 4.78 is 5.47. The van der Waals surface area contributed by atoms with E-state index in [0.717, 1.165) is 12.1 Å². The number of benzene rings is 1. The Morgan fingerprint density at radius 1 is 1.33 bits per heavy atom. The highest BCUT2D eigenvalue weighted by Crippen LogP contribution is 2.24. The van der Waals surface area contributed by atoms with Gasteiger partial charge in [0.1, 0.15) is 12.4 Å². The summed E-state index contributed by atoms with van der Waals surface area (Å²) >= 11 is 11.7. The molecule has 0 unspecified atom stereocenters. The maximum absolute atomic E-state index is 5.83. The lowest BCUT2D eigenvalue weighted by atomic mass is 10.3. The highest BCUT2D eigenvalue weighted by molar-refractivity contribution is 6.34. The van der Waals surface area contributed by atoms with E-state index in [1.807, 2.05) is 7.05 Å². The molecule has 0 bridgehead atoms. The number of nitrogens with one attached hydrogen (secondary N) is 1. The topological polar surface area (TPSA) is 21.3 Å².